The van der Waals surface area contributed by atoms with Gasteiger partial charge in [-0.05, 0) is 67.5 Å². The summed E-state index contributed by atoms with van der Waals surface area (Å²) in [6, 6.07) is 17.5. The Morgan fingerprint density at radius 1 is 1.00 bits per heavy atom. The number of carbonyl (C=O) groups is 2. The summed E-state index contributed by atoms with van der Waals surface area (Å²) in [6.45, 7) is 3.92. The van der Waals surface area contributed by atoms with Gasteiger partial charge in [-0.25, -0.2) is 0 Å². The normalized spacial score (nSPS) is 19.3. The summed E-state index contributed by atoms with van der Waals surface area (Å²) in [7, 11) is 3.22. The van der Waals surface area contributed by atoms with Crippen molar-refractivity contribution >= 4 is 28.7 Å². The van der Waals surface area contributed by atoms with Crippen molar-refractivity contribution in [2.45, 2.75) is 38.5 Å². The molecular weight excluding hydrogens is 484 g/mol. The number of dihydropyridines is 1. The number of Topliss-reactive ketones (excluding diaryl/α,β-unsaturated/α-hetero) is 1. The topological polar surface area (TPSA) is 76.7 Å². The third-order valence-electron chi connectivity index (χ3n) is 7.09. The van der Waals surface area contributed by atoms with Crippen LogP contribution in [0, 0.1) is 6.92 Å². The van der Waals surface area contributed by atoms with Crippen molar-refractivity contribution in [3.05, 3.63) is 98.5 Å². The van der Waals surface area contributed by atoms with Crippen LogP contribution < -0.4 is 20.1 Å². The highest BCUT2D eigenvalue weighted by atomic mass is 32.1. The predicted molar refractivity (Wildman–Crippen MR) is 146 cm³/mol. The maximum Gasteiger partial charge on any atom is 0.254 e. The molecular formula is C30H30N2O4S. The minimum absolute atomic E-state index is 0.00160. The first-order valence-corrected chi connectivity index (χ1v) is 13.1. The van der Waals surface area contributed by atoms with E-state index in [4.69, 9.17) is 9.47 Å². The Hall–Kier alpha value is -3.84. The Bertz CT molecular complexity index is 1400. The molecule has 0 bridgehead atoms. The van der Waals surface area contributed by atoms with Crippen LogP contribution in [0.3, 0.4) is 0 Å². The number of carbonyl (C=O) groups excluding carboxylic acids is 2. The van der Waals surface area contributed by atoms with E-state index >= 15 is 0 Å². The molecule has 1 aliphatic carbocycles. The highest BCUT2D eigenvalue weighted by molar-refractivity contribution is 7.10. The molecule has 0 spiro atoms. The Labute approximate surface area is 221 Å². The summed E-state index contributed by atoms with van der Waals surface area (Å²) in [6.07, 6.45) is 1.03. The van der Waals surface area contributed by atoms with E-state index in [0.29, 0.717) is 35.5 Å². The van der Waals surface area contributed by atoms with Gasteiger partial charge in [0.25, 0.3) is 5.91 Å². The molecule has 7 heteroatoms. The van der Waals surface area contributed by atoms with Gasteiger partial charge < -0.3 is 20.1 Å². The van der Waals surface area contributed by atoms with E-state index in [0.717, 1.165) is 33.1 Å². The fourth-order valence-electron chi connectivity index (χ4n) is 5.26. The zero-order chi connectivity index (χ0) is 26.1. The average Bonchev–Trinajstić information content (AvgIpc) is 3.43. The van der Waals surface area contributed by atoms with E-state index in [1.54, 1.807) is 25.6 Å². The van der Waals surface area contributed by atoms with Gasteiger partial charge in [-0.3, -0.25) is 9.59 Å². The molecule has 0 fully saturated rings. The van der Waals surface area contributed by atoms with Gasteiger partial charge in [0, 0.05) is 39.5 Å². The Kier molecular flexibility index (Phi) is 6.89. The number of ketones is 1. The molecule has 1 amide bonds. The summed E-state index contributed by atoms with van der Waals surface area (Å²) in [5.74, 6) is 0.754. The Morgan fingerprint density at radius 2 is 1.76 bits per heavy atom. The Balaban J connectivity index is 1.50. The second kappa shape index (κ2) is 10.3. The zero-order valence-corrected chi connectivity index (χ0v) is 22.2. The van der Waals surface area contributed by atoms with Crippen LogP contribution in [0.1, 0.15) is 47.6 Å². The number of amides is 1. The second-order valence-electron chi connectivity index (χ2n) is 9.47. The van der Waals surface area contributed by atoms with E-state index in [-0.39, 0.29) is 17.6 Å². The predicted octanol–water partition coefficient (Wildman–Crippen LogP) is 6.07. The van der Waals surface area contributed by atoms with Gasteiger partial charge in [0.2, 0.25) is 0 Å². The smallest absolute Gasteiger partial charge is 0.254 e. The fourth-order valence-corrected chi connectivity index (χ4v) is 6.10. The van der Waals surface area contributed by atoms with Gasteiger partial charge in [0.05, 0.1) is 20.1 Å². The Morgan fingerprint density at radius 3 is 2.43 bits per heavy atom. The zero-order valence-electron chi connectivity index (χ0n) is 21.4. The van der Waals surface area contributed by atoms with E-state index in [9.17, 15) is 9.59 Å². The lowest BCUT2D eigenvalue weighted by molar-refractivity contribution is -0.116. The van der Waals surface area contributed by atoms with Crippen molar-refractivity contribution in [1.29, 1.82) is 0 Å². The fraction of sp³-hybridized carbons (Fsp3) is 0.267. The SMILES string of the molecule is COc1ccc([C@H]2CC(=O)C3=C(C2)NC(C)=C(C(=O)Nc2ccc(C)cc2)[C@H]3c2cccs2)cc1OC. The molecule has 0 saturated heterocycles. The molecule has 2 aliphatic rings. The molecule has 37 heavy (non-hydrogen) atoms. The monoisotopic (exact) mass is 514 g/mol. The molecule has 5 rings (SSSR count). The summed E-state index contributed by atoms with van der Waals surface area (Å²) < 4.78 is 10.9. The lowest BCUT2D eigenvalue weighted by Gasteiger charge is -2.36. The van der Waals surface area contributed by atoms with Gasteiger partial charge >= 0.3 is 0 Å². The number of methoxy groups -OCH3 is 2. The standard InChI is InChI=1S/C30H30N2O4S/c1-17-7-10-21(11-8-17)32-30(34)27-18(2)31-22-14-20(19-9-12-24(35-3)25(16-19)36-4)15-23(33)28(22)29(27)26-6-5-13-37-26/h5-13,16,20,29,31H,14-15H2,1-4H3,(H,32,34)/t20-,29-/m1/s1. The van der Waals surface area contributed by atoms with Crippen LogP contribution in [0.4, 0.5) is 5.69 Å². The van der Waals surface area contributed by atoms with Crippen molar-refractivity contribution in [3.8, 4) is 11.5 Å². The van der Waals surface area contributed by atoms with Crippen LogP contribution in [0.2, 0.25) is 0 Å². The van der Waals surface area contributed by atoms with E-state index in [1.807, 2.05) is 73.8 Å². The first-order chi connectivity index (χ1) is 17.9. The molecule has 2 aromatic carbocycles. The van der Waals surface area contributed by atoms with Gasteiger partial charge in [0.1, 0.15) is 0 Å². The van der Waals surface area contributed by atoms with Gasteiger partial charge in [-0.2, -0.15) is 0 Å². The second-order valence-corrected chi connectivity index (χ2v) is 10.4. The molecule has 2 heterocycles. The van der Waals surface area contributed by atoms with Crippen LogP contribution in [0.25, 0.3) is 0 Å². The van der Waals surface area contributed by atoms with Crippen molar-refractivity contribution in [2.24, 2.45) is 0 Å². The lowest BCUT2D eigenvalue weighted by atomic mass is 9.73. The molecule has 1 aromatic heterocycles. The number of thiophene rings is 1. The number of hydrogen-bond acceptors (Lipinski definition) is 6. The van der Waals surface area contributed by atoms with Crippen LogP contribution in [0.15, 0.2) is 82.5 Å². The maximum absolute atomic E-state index is 13.8. The summed E-state index contributed by atoms with van der Waals surface area (Å²) >= 11 is 1.57. The molecule has 190 valence electrons. The lowest BCUT2D eigenvalue weighted by Crippen LogP contribution is -2.36. The first kappa shape index (κ1) is 24.8. The van der Waals surface area contributed by atoms with Crippen molar-refractivity contribution in [2.75, 3.05) is 19.5 Å². The summed E-state index contributed by atoms with van der Waals surface area (Å²) in [5.41, 5.74) is 5.80. The molecule has 1 aliphatic heterocycles. The molecule has 0 radical (unpaired) electrons. The minimum Gasteiger partial charge on any atom is -0.493 e. The number of allylic oxidation sites excluding steroid dienone is 3. The molecule has 0 saturated carbocycles. The molecule has 2 atom stereocenters. The number of nitrogens with one attached hydrogen (secondary N) is 2. The first-order valence-electron chi connectivity index (χ1n) is 12.3. The largest absolute Gasteiger partial charge is 0.493 e. The maximum atomic E-state index is 13.8. The van der Waals surface area contributed by atoms with Crippen LogP contribution >= 0.6 is 11.3 Å². The van der Waals surface area contributed by atoms with Crippen LogP contribution in [0.5, 0.6) is 11.5 Å². The number of rotatable bonds is 6. The number of aryl methyl sites for hydroxylation is 1. The van der Waals surface area contributed by atoms with Crippen molar-refractivity contribution in [1.82, 2.24) is 5.32 Å². The third-order valence-corrected chi connectivity index (χ3v) is 8.03. The number of anilines is 1. The average molecular weight is 515 g/mol. The van der Waals surface area contributed by atoms with E-state index < -0.39 is 5.92 Å². The van der Waals surface area contributed by atoms with E-state index in [2.05, 4.69) is 10.6 Å². The van der Waals surface area contributed by atoms with Gasteiger partial charge in [0.15, 0.2) is 17.3 Å². The van der Waals surface area contributed by atoms with E-state index in [1.165, 1.54) is 0 Å². The summed E-state index contributed by atoms with van der Waals surface area (Å²) in [4.78, 5) is 28.4. The number of benzene rings is 2. The quantitative estimate of drug-likeness (QED) is 0.417. The molecule has 6 nitrogen and oxygen atoms in total. The highest BCUT2D eigenvalue weighted by Gasteiger charge is 2.41. The molecule has 2 N–H and O–H groups in total. The number of ether oxygens (including phenoxy) is 2. The van der Waals surface area contributed by atoms with Crippen molar-refractivity contribution < 1.29 is 19.1 Å². The van der Waals surface area contributed by atoms with Gasteiger partial charge in [-0.15, -0.1) is 11.3 Å². The number of hydrogen-bond donors (Lipinski definition) is 2. The molecule has 0 unspecified atom stereocenters. The third kappa shape index (κ3) is 4.79. The van der Waals surface area contributed by atoms with Crippen molar-refractivity contribution in [3.63, 3.8) is 0 Å². The van der Waals surface area contributed by atoms with Crippen LogP contribution in [-0.4, -0.2) is 25.9 Å². The molecule has 3 aromatic rings. The summed E-state index contributed by atoms with van der Waals surface area (Å²) in [5, 5.41) is 8.47. The minimum atomic E-state index is -0.402. The van der Waals surface area contributed by atoms with Gasteiger partial charge in [-0.1, -0.05) is 29.8 Å². The van der Waals surface area contributed by atoms with Crippen LogP contribution in [-0.2, 0) is 9.59 Å². The highest BCUT2D eigenvalue weighted by Crippen LogP contribution is 2.47.